The van der Waals surface area contributed by atoms with Gasteiger partial charge in [-0.05, 0) is 30.7 Å². The van der Waals surface area contributed by atoms with Gasteiger partial charge in [0.25, 0.3) is 0 Å². The molecular formula is C25H37N3O7. The van der Waals surface area contributed by atoms with Gasteiger partial charge in [-0.25, -0.2) is 4.79 Å². The summed E-state index contributed by atoms with van der Waals surface area (Å²) in [4.78, 5) is 51.6. The number of hydrogen-bond donors (Lipinski definition) is 2. The largest absolute Gasteiger partial charge is 0.445 e. The summed E-state index contributed by atoms with van der Waals surface area (Å²) >= 11 is 0. The molecule has 1 aliphatic heterocycles. The number of carbonyl (C=O) groups excluding carboxylic acids is 4. The Balaban J connectivity index is 2.02. The van der Waals surface area contributed by atoms with Gasteiger partial charge in [-0.1, -0.05) is 51.1 Å². The molecule has 1 fully saturated rings. The van der Waals surface area contributed by atoms with Gasteiger partial charge in [-0.15, -0.1) is 0 Å². The smallest absolute Gasteiger partial charge is 0.408 e. The van der Waals surface area contributed by atoms with E-state index in [1.165, 1.54) is 11.8 Å². The van der Waals surface area contributed by atoms with Crippen LogP contribution in [0.3, 0.4) is 0 Å². The van der Waals surface area contributed by atoms with Crippen LogP contribution in [-0.4, -0.2) is 66.8 Å². The summed E-state index contributed by atoms with van der Waals surface area (Å²) in [5.74, 6) is -1.24. The number of likely N-dealkylation sites (tertiary alicyclic amines) is 1. The Bertz CT molecular complexity index is 870. The van der Waals surface area contributed by atoms with E-state index in [0.29, 0.717) is 26.0 Å². The first-order valence-corrected chi connectivity index (χ1v) is 11.9. The molecule has 0 radical (unpaired) electrons. The number of nitrogens with one attached hydrogen (secondary N) is 2. The Hall–Kier alpha value is -3.14. The molecule has 0 bridgehead atoms. The fourth-order valence-electron chi connectivity index (χ4n) is 3.81. The minimum absolute atomic E-state index is 0.0302. The van der Waals surface area contributed by atoms with Crippen LogP contribution in [0.2, 0.25) is 0 Å². The van der Waals surface area contributed by atoms with Crippen molar-refractivity contribution in [2.24, 2.45) is 5.41 Å². The van der Waals surface area contributed by atoms with Crippen LogP contribution in [0.1, 0.15) is 53.0 Å². The van der Waals surface area contributed by atoms with Crippen molar-refractivity contribution in [1.82, 2.24) is 15.5 Å². The van der Waals surface area contributed by atoms with Crippen molar-refractivity contribution in [3.8, 4) is 0 Å². The Labute approximate surface area is 206 Å². The van der Waals surface area contributed by atoms with Crippen LogP contribution in [0.25, 0.3) is 0 Å². The van der Waals surface area contributed by atoms with Gasteiger partial charge in [0.2, 0.25) is 18.1 Å². The van der Waals surface area contributed by atoms with Crippen LogP contribution < -0.4 is 10.6 Å². The summed E-state index contributed by atoms with van der Waals surface area (Å²) in [5, 5.41) is 5.40. The minimum atomic E-state index is -0.907. The van der Waals surface area contributed by atoms with Crippen molar-refractivity contribution >= 4 is 23.9 Å². The zero-order chi connectivity index (χ0) is 26.0. The molecule has 1 saturated heterocycles. The third kappa shape index (κ3) is 8.86. The Morgan fingerprint density at radius 3 is 2.43 bits per heavy atom. The maximum Gasteiger partial charge on any atom is 0.408 e. The van der Waals surface area contributed by atoms with Crippen LogP contribution in [0.5, 0.6) is 0 Å². The predicted octanol–water partition coefficient (Wildman–Crippen LogP) is 2.36. The average Bonchev–Trinajstić information content (AvgIpc) is 3.29. The molecule has 3 atom stereocenters. The summed E-state index contributed by atoms with van der Waals surface area (Å²) in [6.07, 6.45) is -0.476. The fraction of sp³-hybridized carbons (Fsp3) is 0.600. The van der Waals surface area contributed by atoms with E-state index in [9.17, 15) is 19.2 Å². The highest BCUT2D eigenvalue weighted by Crippen LogP contribution is 2.26. The molecule has 10 nitrogen and oxygen atoms in total. The molecule has 10 heteroatoms. The van der Waals surface area contributed by atoms with Crippen molar-refractivity contribution in [3.63, 3.8) is 0 Å². The number of nitrogens with zero attached hydrogens (tertiary/aromatic N) is 1. The van der Waals surface area contributed by atoms with Crippen LogP contribution >= 0.6 is 0 Å². The van der Waals surface area contributed by atoms with E-state index in [1.807, 2.05) is 51.1 Å². The van der Waals surface area contributed by atoms with Crippen molar-refractivity contribution in [2.75, 3.05) is 19.7 Å². The van der Waals surface area contributed by atoms with E-state index in [1.54, 1.807) is 6.92 Å². The third-order valence-corrected chi connectivity index (χ3v) is 5.52. The highest BCUT2D eigenvalue weighted by atomic mass is 16.7. The molecule has 0 saturated carbocycles. The second-order valence-corrected chi connectivity index (χ2v) is 9.43. The molecule has 1 aromatic carbocycles. The highest BCUT2D eigenvalue weighted by molar-refractivity contribution is 5.92. The van der Waals surface area contributed by atoms with Gasteiger partial charge in [0, 0.05) is 20.1 Å². The first-order valence-electron chi connectivity index (χ1n) is 11.9. The first-order chi connectivity index (χ1) is 16.5. The standard InChI is InChI=1S/C25H37N3O7/c1-6-33-20(35-17(2)29)15-26-22(30)19-13-10-14-28(19)23(31)21(25(3,4)5)27-24(32)34-16-18-11-8-7-9-12-18/h7-9,11-12,19-21H,6,10,13-16H2,1-5H3,(H,26,30)(H,27,32)/t19-,20+,21+/m0/s1. The summed E-state index contributed by atoms with van der Waals surface area (Å²) in [6, 6.07) is 7.65. The van der Waals surface area contributed by atoms with Crippen molar-refractivity contribution in [3.05, 3.63) is 35.9 Å². The van der Waals surface area contributed by atoms with E-state index < -0.39 is 35.9 Å². The molecule has 0 aromatic heterocycles. The lowest BCUT2D eigenvalue weighted by atomic mass is 9.85. The SMILES string of the molecule is CCO[C@@H](CNC(=O)[C@@H]1CCCN1C(=O)[C@@H](NC(=O)OCc1ccccc1)C(C)(C)C)OC(C)=O. The van der Waals surface area contributed by atoms with Crippen LogP contribution in [0.15, 0.2) is 30.3 Å². The molecule has 1 aliphatic rings. The van der Waals surface area contributed by atoms with Gasteiger partial charge in [-0.2, -0.15) is 0 Å². The van der Waals surface area contributed by atoms with Gasteiger partial charge in [0.15, 0.2) is 0 Å². The lowest BCUT2D eigenvalue weighted by molar-refractivity contribution is -0.175. The van der Waals surface area contributed by atoms with Crippen LogP contribution in [-0.2, 0) is 35.2 Å². The van der Waals surface area contributed by atoms with E-state index >= 15 is 0 Å². The van der Waals surface area contributed by atoms with Gasteiger partial charge in [0.1, 0.15) is 18.7 Å². The number of esters is 1. The normalized spacial score (nSPS) is 17.3. The molecule has 2 N–H and O–H groups in total. The van der Waals surface area contributed by atoms with Crippen molar-refractivity contribution < 1.29 is 33.4 Å². The third-order valence-electron chi connectivity index (χ3n) is 5.52. The first kappa shape index (κ1) is 28.1. The molecule has 2 rings (SSSR count). The molecule has 0 spiro atoms. The summed E-state index contributed by atoms with van der Waals surface area (Å²) in [5.41, 5.74) is 0.207. The monoisotopic (exact) mass is 491 g/mol. The quantitative estimate of drug-likeness (QED) is 0.380. The lowest BCUT2D eigenvalue weighted by Crippen LogP contribution is -2.58. The fourth-order valence-corrected chi connectivity index (χ4v) is 3.81. The second kappa shape index (κ2) is 13.1. The number of carbonyl (C=O) groups is 4. The number of ether oxygens (including phenoxy) is 3. The molecule has 1 heterocycles. The second-order valence-electron chi connectivity index (χ2n) is 9.43. The Morgan fingerprint density at radius 1 is 1.14 bits per heavy atom. The minimum Gasteiger partial charge on any atom is -0.445 e. The summed E-state index contributed by atoms with van der Waals surface area (Å²) in [6.45, 7) is 9.27. The van der Waals surface area contributed by atoms with E-state index in [-0.39, 0.29) is 25.0 Å². The van der Waals surface area contributed by atoms with Crippen molar-refractivity contribution in [2.45, 2.75) is 72.4 Å². The van der Waals surface area contributed by atoms with Gasteiger partial charge < -0.3 is 29.7 Å². The van der Waals surface area contributed by atoms with Gasteiger partial charge >= 0.3 is 12.1 Å². The number of rotatable bonds is 10. The summed E-state index contributed by atoms with van der Waals surface area (Å²) < 4.78 is 15.7. The molecule has 0 aliphatic carbocycles. The number of hydrogen-bond acceptors (Lipinski definition) is 7. The van der Waals surface area contributed by atoms with Crippen LogP contribution in [0, 0.1) is 5.41 Å². The predicted molar refractivity (Wildman–Crippen MR) is 128 cm³/mol. The summed E-state index contributed by atoms with van der Waals surface area (Å²) in [7, 11) is 0. The molecule has 3 amide bonds. The topological polar surface area (TPSA) is 123 Å². The van der Waals surface area contributed by atoms with E-state index in [4.69, 9.17) is 14.2 Å². The van der Waals surface area contributed by atoms with Gasteiger partial charge in [0.05, 0.1) is 6.54 Å². The number of alkyl carbamates (subject to hydrolysis) is 1. The molecule has 194 valence electrons. The molecule has 0 unspecified atom stereocenters. The zero-order valence-electron chi connectivity index (χ0n) is 21.2. The molecule has 35 heavy (non-hydrogen) atoms. The van der Waals surface area contributed by atoms with Gasteiger partial charge in [-0.3, -0.25) is 14.4 Å². The molecule has 1 aromatic rings. The molecular weight excluding hydrogens is 454 g/mol. The lowest BCUT2D eigenvalue weighted by Gasteiger charge is -2.35. The zero-order valence-corrected chi connectivity index (χ0v) is 21.2. The van der Waals surface area contributed by atoms with Crippen LogP contribution in [0.4, 0.5) is 4.79 Å². The Morgan fingerprint density at radius 2 is 1.83 bits per heavy atom. The van der Waals surface area contributed by atoms with Crippen molar-refractivity contribution in [1.29, 1.82) is 0 Å². The van der Waals surface area contributed by atoms with E-state index in [2.05, 4.69) is 10.6 Å². The van der Waals surface area contributed by atoms with E-state index in [0.717, 1.165) is 5.56 Å². The average molecular weight is 492 g/mol. The number of amides is 3. The number of benzene rings is 1. The maximum atomic E-state index is 13.5. The maximum absolute atomic E-state index is 13.5. The highest BCUT2D eigenvalue weighted by Gasteiger charge is 2.42. The Kier molecular flexibility index (Phi) is 10.5.